The molecule has 0 N–H and O–H groups in total. The van der Waals surface area contributed by atoms with Gasteiger partial charge in [0.25, 0.3) is 0 Å². The summed E-state index contributed by atoms with van der Waals surface area (Å²) in [7, 11) is 0. The van der Waals surface area contributed by atoms with E-state index in [9.17, 15) is 0 Å². The molecule has 0 saturated heterocycles. The van der Waals surface area contributed by atoms with Crippen LogP contribution in [0.2, 0.25) is 0 Å². The summed E-state index contributed by atoms with van der Waals surface area (Å²) in [6, 6.07) is 0. The lowest BCUT2D eigenvalue weighted by Crippen LogP contribution is -1.83. The second-order valence-corrected chi connectivity index (χ2v) is 5.67. The van der Waals surface area contributed by atoms with Gasteiger partial charge in [0.15, 0.2) is 0 Å². The van der Waals surface area contributed by atoms with E-state index in [2.05, 4.69) is 13.5 Å². The van der Waals surface area contributed by atoms with Crippen molar-refractivity contribution in [1.29, 1.82) is 0 Å². The molecule has 0 radical (unpaired) electrons. The fourth-order valence-corrected chi connectivity index (χ4v) is 2.48. The maximum Gasteiger partial charge on any atom is 1.00 e. The highest BCUT2D eigenvalue weighted by Crippen LogP contribution is 2.13. The first kappa shape index (κ1) is 17.7. The molecular formula is C18H37+. The fraction of sp³-hybridized carbons (Fsp3) is 0.889. The highest BCUT2D eigenvalue weighted by Gasteiger charge is 1.93. The molecule has 0 nitrogen and oxygen atoms in total. The Morgan fingerprint density at radius 3 is 1.28 bits per heavy atom. The molecule has 0 amide bonds. The predicted molar refractivity (Wildman–Crippen MR) is 86.2 cm³/mol. The molecule has 0 atom stereocenters. The Kier molecular flexibility index (Phi) is 16.5. The summed E-state index contributed by atoms with van der Waals surface area (Å²) in [5, 5.41) is 0. The second-order valence-electron chi connectivity index (χ2n) is 5.67. The lowest BCUT2D eigenvalue weighted by Gasteiger charge is -2.02. The molecule has 0 bridgehead atoms. The van der Waals surface area contributed by atoms with Crippen LogP contribution in [0.4, 0.5) is 0 Å². The predicted octanol–water partition coefficient (Wildman–Crippen LogP) is 7.16. The third-order valence-electron chi connectivity index (χ3n) is 3.76. The lowest BCUT2D eigenvalue weighted by atomic mass is 10.0. The Hall–Kier alpha value is -0.260. The lowest BCUT2D eigenvalue weighted by molar-refractivity contribution is 0.536. The van der Waals surface area contributed by atoms with Crippen LogP contribution in [-0.2, 0) is 0 Å². The molecule has 0 rings (SSSR count). The molecule has 0 unspecified atom stereocenters. The smallest absolute Gasteiger partial charge is 0.103 e. The van der Waals surface area contributed by atoms with Gasteiger partial charge in [0.2, 0.25) is 0 Å². The van der Waals surface area contributed by atoms with Crippen molar-refractivity contribution in [1.82, 2.24) is 0 Å². The molecule has 0 aliphatic rings. The average Bonchev–Trinajstić information content (AvgIpc) is 2.39. The molecule has 0 aromatic rings. The second kappa shape index (κ2) is 16.7. The van der Waals surface area contributed by atoms with Crippen LogP contribution >= 0.6 is 0 Å². The molecule has 0 aromatic carbocycles. The van der Waals surface area contributed by atoms with Crippen molar-refractivity contribution in [3.05, 3.63) is 12.7 Å². The summed E-state index contributed by atoms with van der Waals surface area (Å²) in [6.45, 7) is 6.05. The van der Waals surface area contributed by atoms with E-state index >= 15 is 0 Å². The van der Waals surface area contributed by atoms with Crippen LogP contribution < -0.4 is 0 Å². The SMILES string of the molecule is C=CCCCCCCCCCCCCCCCC.[H+]. The van der Waals surface area contributed by atoms with Crippen LogP contribution in [-0.4, -0.2) is 0 Å². The molecule has 0 aliphatic carbocycles. The van der Waals surface area contributed by atoms with Crippen LogP contribution in [0.3, 0.4) is 0 Å². The van der Waals surface area contributed by atoms with Gasteiger partial charge >= 0.3 is 1.43 Å². The Morgan fingerprint density at radius 1 is 0.611 bits per heavy atom. The van der Waals surface area contributed by atoms with Gasteiger partial charge in [-0.3, -0.25) is 0 Å². The summed E-state index contributed by atoms with van der Waals surface area (Å²) in [5.74, 6) is 0. The first-order valence-corrected chi connectivity index (χ1v) is 8.52. The molecule has 108 valence electrons. The van der Waals surface area contributed by atoms with E-state index in [4.69, 9.17) is 0 Å². The summed E-state index contributed by atoms with van der Waals surface area (Å²) in [5.41, 5.74) is 0. The zero-order valence-electron chi connectivity index (χ0n) is 13.9. The van der Waals surface area contributed by atoms with Crippen LogP contribution in [0.1, 0.15) is 105 Å². The van der Waals surface area contributed by atoms with E-state index in [1.54, 1.807) is 0 Å². The fourth-order valence-electron chi connectivity index (χ4n) is 2.48. The molecule has 0 aromatic heterocycles. The monoisotopic (exact) mass is 253 g/mol. The maximum atomic E-state index is 3.76. The molecule has 0 fully saturated rings. The molecule has 0 spiro atoms. The number of unbranched alkanes of at least 4 members (excludes halogenated alkanes) is 14. The highest BCUT2D eigenvalue weighted by atomic mass is 14.0. The third-order valence-corrected chi connectivity index (χ3v) is 3.76. The molecule has 0 heterocycles. The molecular weight excluding hydrogens is 216 g/mol. The van der Waals surface area contributed by atoms with Crippen molar-refractivity contribution < 1.29 is 1.43 Å². The summed E-state index contributed by atoms with van der Waals surface area (Å²) in [4.78, 5) is 0. The maximum absolute atomic E-state index is 3.76. The van der Waals surface area contributed by atoms with E-state index < -0.39 is 0 Å². The molecule has 0 saturated carbocycles. The van der Waals surface area contributed by atoms with Crippen LogP contribution in [0.5, 0.6) is 0 Å². The van der Waals surface area contributed by atoms with Gasteiger partial charge in [0.05, 0.1) is 0 Å². The average molecular weight is 253 g/mol. The number of hydrogen-bond acceptors (Lipinski definition) is 0. The summed E-state index contributed by atoms with van der Waals surface area (Å²) < 4.78 is 0. The number of allylic oxidation sites excluding steroid dienone is 1. The zero-order chi connectivity index (χ0) is 13.3. The van der Waals surface area contributed by atoms with E-state index in [1.807, 2.05) is 6.08 Å². The first-order chi connectivity index (χ1) is 8.91. The zero-order valence-corrected chi connectivity index (χ0v) is 12.9. The third kappa shape index (κ3) is 15.7. The topological polar surface area (TPSA) is 0 Å². The summed E-state index contributed by atoms with van der Waals surface area (Å²) >= 11 is 0. The Morgan fingerprint density at radius 2 is 0.944 bits per heavy atom. The Balaban J connectivity index is 0. The van der Waals surface area contributed by atoms with Crippen LogP contribution in [0, 0.1) is 0 Å². The van der Waals surface area contributed by atoms with Gasteiger partial charge in [-0.05, 0) is 12.8 Å². The normalized spacial score (nSPS) is 10.7. The van der Waals surface area contributed by atoms with Crippen molar-refractivity contribution in [2.45, 2.75) is 103 Å². The highest BCUT2D eigenvalue weighted by molar-refractivity contribution is 4.65. The van der Waals surface area contributed by atoms with Crippen molar-refractivity contribution in [2.75, 3.05) is 0 Å². The van der Waals surface area contributed by atoms with Gasteiger partial charge in [-0.2, -0.15) is 0 Å². The van der Waals surface area contributed by atoms with E-state index in [1.165, 1.54) is 96.3 Å². The van der Waals surface area contributed by atoms with Gasteiger partial charge in [-0.1, -0.05) is 96.5 Å². The minimum atomic E-state index is 0. The number of hydrogen-bond donors (Lipinski definition) is 0. The Labute approximate surface area is 118 Å². The van der Waals surface area contributed by atoms with Gasteiger partial charge < -0.3 is 0 Å². The quantitative estimate of drug-likeness (QED) is 0.214. The van der Waals surface area contributed by atoms with Crippen molar-refractivity contribution >= 4 is 0 Å². The molecule has 0 heteroatoms. The minimum absolute atomic E-state index is 0. The van der Waals surface area contributed by atoms with Crippen molar-refractivity contribution in [3.8, 4) is 0 Å². The standard InChI is InChI=1S/C18H36/c1-3-5-7-9-11-13-15-17-18-16-14-12-10-8-6-4-2/h3H,1,4-18H2,2H3/p+1. The van der Waals surface area contributed by atoms with Gasteiger partial charge in [-0.15, -0.1) is 6.58 Å². The van der Waals surface area contributed by atoms with Gasteiger partial charge in [-0.25, -0.2) is 0 Å². The van der Waals surface area contributed by atoms with Crippen molar-refractivity contribution in [2.24, 2.45) is 0 Å². The van der Waals surface area contributed by atoms with Gasteiger partial charge in [0.1, 0.15) is 0 Å². The van der Waals surface area contributed by atoms with Crippen molar-refractivity contribution in [3.63, 3.8) is 0 Å². The number of rotatable bonds is 15. The Bertz CT molecular complexity index is 154. The first-order valence-electron chi connectivity index (χ1n) is 8.52. The van der Waals surface area contributed by atoms with Gasteiger partial charge in [0, 0.05) is 0 Å². The molecule has 18 heavy (non-hydrogen) atoms. The van der Waals surface area contributed by atoms with E-state index in [-0.39, 0.29) is 1.43 Å². The van der Waals surface area contributed by atoms with E-state index in [0.717, 1.165) is 0 Å². The minimum Gasteiger partial charge on any atom is -0.103 e. The van der Waals surface area contributed by atoms with Crippen LogP contribution in [0.15, 0.2) is 12.7 Å². The largest absolute Gasteiger partial charge is 1.00 e. The van der Waals surface area contributed by atoms with E-state index in [0.29, 0.717) is 0 Å². The molecule has 0 aliphatic heterocycles. The summed E-state index contributed by atoms with van der Waals surface area (Å²) in [6.07, 6.45) is 23.5. The van der Waals surface area contributed by atoms with Crippen LogP contribution in [0.25, 0.3) is 0 Å².